The summed E-state index contributed by atoms with van der Waals surface area (Å²) in [5, 5.41) is 10.9. The summed E-state index contributed by atoms with van der Waals surface area (Å²) in [4.78, 5) is 48.1. The van der Waals surface area contributed by atoms with Crippen LogP contribution in [-0.4, -0.2) is 103 Å². The summed E-state index contributed by atoms with van der Waals surface area (Å²) in [6, 6.07) is -1.09. The zero-order chi connectivity index (χ0) is 23.1. The number of carbonyl (C=O) groups is 4. The molecule has 11 nitrogen and oxygen atoms in total. The van der Waals surface area contributed by atoms with E-state index in [1.807, 2.05) is 6.92 Å². The highest BCUT2D eigenvalue weighted by atomic mass is 32.2. The van der Waals surface area contributed by atoms with Crippen LogP contribution < -0.4 is 11.1 Å². The molecule has 0 aromatic carbocycles. The second-order valence-electron chi connectivity index (χ2n) is 6.73. The molecule has 2 atom stereocenters. The predicted octanol–water partition coefficient (Wildman–Crippen LogP) is -0.775. The summed E-state index contributed by atoms with van der Waals surface area (Å²) in [7, 11) is 0. The second kappa shape index (κ2) is 16.0. The van der Waals surface area contributed by atoms with Gasteiger partial charge in [0.05, 0.1) is 31.7 Å². The molecule has 0 saturated carbocycles. The first-order valence-electron chi connectivity index (χ1n) is 10.3. The Balaban J connectivity index is 2.09. The predicted molar refractivity (Wildman–Crippen MR) is 114 cm³/mol. The van der Waals surface area contributed by atoms with Crippen LogP contribution in [0.1, 0.15) is 26.2 Å². The topological polar surface area (TPSA) is 157 Å². The normalized spacial score (nSPS) is 17.2. The summed E-state index contributed by atoms with van der Waals surface area (Å²) < 4.78 is 15.8. The van der Waals surface area contributed by atoms with Crippen molar-refractivity contribution in [1.82, 2.24) is 10.2 Å². The number of nitrogens with one attached hydrogen (secondary N) is 1. The van der Waals surface area contributed by atoms with Gasteiger partial charge >= 0.3 is 5.97 Å². The number of amides is 3. The molecular weight excluding hydrogens is 430 g/mol. The summed E-state index contributed by atoms with van der Waals surface area (Å²) >= 11 is 1.05. The average molecular weight is 464 g/mol. The average Bonchev–Trinajstić information content (AvgIpc) is 3.01. The number of aliphatic carboxylic acids is 1. The Morgan fingerprint density at radius 2 is 1.84 bits per heavy atom. The molecule has 0 bridgehead atoms. The minimum absolute atomic E-state index is 0.00112. The molecule has 0 aromatic rings. The molecule has 1 aliphatic heterocycles. The number of thioether (sulfide) groups is 1. The van der Waals surface area contributed by atoms with Crippen LogP contribution in [0.4, 0.5) is 0 Å². The number of imide groups is 1. The standard InChI is InChI=1S/C19H33N3O8S/c1-2-28-8-9-30-11-10-29-7-3-5-21-16(23)4-6-22-17(24)12-15(18(22)25)31-13-14(20)19(26)27/h14-15H,2-13,20H2,1H3,(H,21,23)(H,26,27). The highest BCUT2D eigenvalue weighted by molar-refractivity contribution is 8.00. The van der Waals surface area contributed by atoms with Crippen LogP contribution in [0.3, 0.4) is 0 Å². The summed E-state index contributed by atoms with van der Waals surface area (Å²) in [5.74, 6) is -2.15. The maximum absolute atomic E-state index is 12.3. The van der Waals surface area contributed by atoms with Crippen LogP contribution >= 0.6 is 11.8 Å². The molecule has 178 valence electrons. The highest BCUT2D eigenvalue weighted by Crippen LogP contribution is 2.25. The second-order valence-corrected chi connectivity index (χ2v) is 7.97. The molecule has 1 saturated heterocycles. The van der Waals surface area contributed by atoms with Crippen LogP contribution in [0.5, 0.6) is 0 Å². The van der Waals surface area contributed by atoms with E-state index >= 15 is 0 Å². The molecule has 2 unspecified atom stereocenters. The van der Waals surface area contributed by atoms with Crippen molar-refractivity contribution >= 4 is 35.5 Å². The highest BCUT2D eigenvalue weighted by Gasteiger charge is 2.39. The van der Waals surface area contributed by atoms with Gasteiger partial charge < -0.3 is 30.4 Å². The van der Waals surface area contributed by atoms with Crippen molar-refractivity contribution in [3.05, 3.63) is 0 Å². The molecule has 31 heavy (non-hydrogen) atoms. The van der Waals surface area contributed by atoms with Gasteiger partial charge in [-0.05, 0) is 13.3 Å². The van der Waals surface area contributed by atoms with E-state index in [2.05, 4.69) is 5.32 Å². The lowest BCUT2D eigenvalue weighted by atomic mass is 10.3. The molecule has 0 radical (unpaired) electrons. The fraction of sp³-hybridized carbons (Fsp3) is 0.789. The molecule has 12 heteroatoms. The first-order valence-corrected chi connectivity index (χ1v) is 11.4. The molecule has 1 heterocycles. The minimum atomic E-state index is -1.16. The first-order chi connectivity index (χ1) is 14.9. The van der Waals surface area contributed by atoms with E-state index in [0.29, 0.717) is 52.6 Å². The Kier molecular flexibility index (Phi) is 14.1. The van der Waals surface area contributed by atoms with Crippen LogP contribution in [0, 0.1) is 0 Å². The monoisotopic (exact) mass is 463 g/mol. The Bertz CT molecular complexity index is 593. The first kappa shape index (κ1) is 27.3. The smallest absolute Gasteiger partial charge is 0.321 e. The number of rotatable bonds is 18. The third-order valence-electron chi connectivity index (χ3n) is 4.29. The van der Waals surface area contributed by atoms with Crippen molar-refractivity contribution in [3.63, 3.8) is 0 Å². The number of likely N-dealkylation sites (tertiary alicyclic amines) is 1. The molecule has 1 aliphatic rings. The summed E-state index contributed by atoms with van der Waals surface area (Å²) in [5.41, 5.74) is 5.42. The number of carboxylic acids is 1. The van der Waals surface area contributed by atoms with E-state index in [1.165, 1.54) is 0 Å². The van der Waals surface area contributed by atoms with E-state index in [9.17, 15) is 19.2 Å². The van der Waals surface area contributed by atoms with Crippen LogP contribution in [0.15, 0.2) is 0 Å². The quantitative estimate of drug-likeness (QED) is 0.174. The Morgan fingerprint density at radius 1 is 1.19 bits per heavy atom. The molecule has 4 N–H and O–H groups in total. The van der Waals surface area contributed by atoms with E-state index in [1.54, 1.807) is 0 Å². The van der Waals surface area contributed by atoms with Crippen molar-refractivity contribution in [3.8, 4) is 0 Å². The number of nitrogens with zero attached hydrogens (tertiary/aromatic N) is 1. The van der Waals surface area contributed by atoms with Gasteiger partial charge in [0.1, 0.15) is 6.04 Å². The largest absolute Gasteiger partial charge is 0.480 e. The molecule has 0 spiro atoms. The zero-order valence-corrected chi connectivity index (χ0v) is 18.7. The summed E-state index contributed by atoms with van der Waals surface area (Å²) in [6.07, 6.45) is 0.636. The molecule has 3 amide bonds. The van der Waals surface area contributed by atoms with E-state index in [4.69, 9.17) is 25.1 Å². The molecular formula is C19H33N3O8S. The van der Waals surface area contributed by atoms with Gasteiger partial charge in [-0.1, -0.05) is 0 Å². The fourth-order valence-electron chi connectivity index (χ4n) is 2.60. The minimum Gasteiger partial charge on any atom is -0.480 e. The van der Waals surface area contributed by atoms with E-state index in [0.717, 1.165) is 16.7 Å². The van der Waals surface area contributed by atoms with Crippen LogP contribution in [0.2, 0.25) is 0 Å². The van der Waals surface area contributed by atoms with Crippen molar-refractivity contribution in [1.29, 1.82) is 0 Å². The Hall–Kier alpha value is -1.73. The van der Waals surface area contributed by atoms with E-state index in [-0.39, 0.29) is 37.0 Å². The number of nitrogens with two attached hydrogens (primary N) is 1. The summed E-state index contributed by atoms with van der Waals surface area (Å²) in [6.45, 7) is 5.55. The van der Waals surface area contributed by atoms with Crippen molar-refractivity contribution in [2.24, 2.45) is 5.73 Å². The number of carboxylic acid groups (broad SMARTS) is 1. The van der Waals surface area contributed by atoms with Gasteiger partial charge in [0.15, 0.2) is 0 Å². The van der Waals surface area contributed by atoms with Gasteiger partial charge in [0.2, 0.25) is 17.7 Å². The van der Waals surface area contributed by atoms with Crippen LogP contribution in [-0.2, 0) is 33.4 Å². The van der Waals surface area contributed by atoms with Gasteiger partial charge in [-0.3, -0.25) is 24.1 Å². The lowest BCUT2D eigenvalue weighted by Gasteiger charge is -2.15. The zero-order valence-electron chi connectivity index (χ0n) is 17.9. The van der Waals surface area contributed by atoms with Crippen molar-refractivity contribution in [2.45, 2.75) is 37.5 Å². The van der Waals surface area contributed by atoms with Gasteiger partial charge in [0.25, 0.3) is 0 Å². The molecule has 1 rings (SSSR count). The number of hydrogen-bond acceptors (Lipinski definition) is 9. The number of ether oxygens (including phenoxy) is 3. The maximum Gasteiger partial charge on any atom is 0.321 e. The number of hydrogen-bond donors (Lipinski definition) is 3. The third kappa shape index (κ3) is 11.5. The third-order valence-corrected chi connectivity index (χ3v) is 5.62. The van der Waals surface area contributed by atoms with Gasteiger partial charge in [-0.15, -0.1) is 11.8 Å². The number of carbonyl (C=O) groups excluding carboxylic acids is 3. The van der Waals surface area contributed by atoms with Gasteiger partial charge in [-0.25, -0.2) is 0 Å². The lowest BCUT2D eigenvalue weighted by molar-refractivity contribution is -0.139. The SMILES string of the molecule is CCOCCOCCOCCCNC(=O)CCN1C(=O)CC(SCC(N)C(=O)O)C1=O. The Labute approximate surface area is 186 Å². The van der Waals surface area contributed by atoms with Gasteiger partial charge in [-0.2, -0.15) is 0 Å². The molecule has 0 aromatic heterocycles. The van der Waals surface area contributed by atoms with Crippen molar-refractivity contribution < 1.29 is 38.5 Å². The van der Waals surface area contributed by atoms with Gasteiger partial charge in [0, 0.05) is 44.9 Å². The molecule has 0 aliphatic carbocycles. The van der Waals surface area contributed by atoms with Crippen LogP contribution in [0.25, 0.3) is 0 Å². The fourth-order valence-corrected chi connectivity index (χ4v) is 3.71. The van der Waals surface area contributed by atoms with Crippen molar-refractivity contribution in [2.75, 3.05) is 58.5 Å². The maximum atomic E-state index is 12.3. The lowest BCUT2D eigenvalue weighted by Crippen LogP contribution is -2.37. The molecule has 1 fully saturated rings. The Morgan fingerprint density at radius 3 is 2.48 bits per heavy atom. The van der Waals surface area contributed by atoms with E-state index < -0.39 is 23.2 Å².